The number of methoxy groups -OCH3 is 1. The third-order valence-corrected chi connectivity index (χ3v) is 5.19. The van der Waals surface area contributed by atoms with E-state index in [1.807, 2.05) is 30.3 Å². The van der Waals surface area contributed by atoms with Crippen LogP contribution in [0.3, 0.4) is 0 Å². The highest BCUT2D eigenvalue weighted by molar-refractivity contribution is 5.91. The maximum absolute atomic E-state index is 12.6. The lowest BCUT2D eigenvalue weighted by Gasteiger charge is -2.24. The molecule has 2 aromatic rings. The van der Waals surface area contributed by atoms with Gasteiger partial charge in [0.1, 0.15) is 25.0 Å². The van der Waals surface area contributed by atoms with Crippen LogP contribution < -0.4 is 24.4 Å². The number of carbonyl (C=O) groups excluding carboxylic acids is 1. The zero-order chi connectivity index (χ0) is 18.6. The molecule has 4 rings (SSSR count). The van der Waals surface area contributed by atoms with Crippen molar-refractivity contribution in [2.75, 3.05) is 38.7 Å². The van der Waals surface area contributed by atoms with Crippen LogP contribution in [0, 0.1) is 0 Å². The lowest BCUT2D eigenvalue weighted by atomic mass is 10.0. The van der Waals surface area contributed by atoms with Gasteiger partial charge >= 0.3 is 0 Å². The van der Waals surface area contributed by atoms with E-state index in [0.717, 1.165) is 42.3 Å². The van der Waals surface area contributed by atoms with Crippen molar-refractivity contribution >= 4 is 11.6 Å². The second-order valence-electron chi connectivity index (χ2n) is 6.96. The lowest BCUT2D eigenvalue weighted by molar-refractivity contribution is -0.910. The summed E-state index contributed by atoms with van der Waals surface area (Å²) in [5, 5.41) is 2.98. The summed E-state index contributed by atoms with van der Waals surface area (Å²) in [7, 11) is 1.62. The SMILES string of the molecule is COc1cccc(NC(=O)C[NH+]2CCC[C@H]2c2ccc3c(c2)OCCO3)c1. The Balaban J connectivity index is 1.43. The molecule has 1 amide bonds. The van der Waals surface area contributed by atoms with Crippen molar-refractivity contribution in [1.82, 2.24) is 0 Å². The van der Waals surface area contributed by atoms with E-state index in [1.54, 1.807) is 7.11 Å². The Bertz CT molecular complexity index is 824. The fraction of sp³-hybridized carbons (Fsp3) is 0.381. The van der Waals surface area contributed by atoms with Gasteiger partial charge in [0.25, 0.3) is 5.91 Å². The Hall–Kier alpha value is -2.73. The number of hydrogen-bond acceptors (Lipinski definition) is 4. The summed E-state index contributed by atoms with van der Waals surface area (Å²) in [5.41, 5.74) is 1.97. The first kappa shape index (κ1) is 17.7. The van der Waals surface area contributed by atoms with Crippen LogP contribution in [0.4, 0.5) is 5.69 Å². The number of carbonyl (C=O) groups is 1. The molecule has 142 valence electrons. The Morgan fingerprint density at radius 3 is 2.89 bits per heavy atom. The predicted octanol–water partition coefficient (Wildman–Crippen LogP) is 1.82. The molecule has 27 heavy (non-hydrogen) atoms. The summed E-state index contributed by atoms with van der Waals surface area (Å²) >= 11 is 0. The number of fused-ring (bicyclic) bond motifs is 1. The molecular weight excluding hydrogens is 344 g/mol. The van der Waals surface area contributed by atoms with E-state index in [2.05, 4.69) is 17.4 Å². The van der Waals surface area contributed by atoms with Gasteiger partial charge in [-0.25, -0.2) is 0 Å². The van der Waals surface area contributed by atoms with Gasteiger partial charge in [-0.1, -0.05) is 6.07 Å². The van der Waals surface area contributed by atoms with Crippen molar-refractivity contribution < 1.29 is 23.9 Å². The number of hydrogen-bond donors (Lipinski definition) is 2. The van der Waals surface area contributed by atoms with E-state index in [9.17, 15) is 4.79 Å². The van der Waals surface area contributed by atoms with Crippen LogP contribution in [-0.2, 0) is 4.79 Å². The van der Waals surface area contributed by atoms with Gasteiger partial charge in [-0.2, -0.15) is 0 Å². The molecule has 0 radical (unpaired) electrons. The smallest absolute Gasteiger partial charge is 0.279 e. The first-order valence-electron chi connectivity index (χ1n) is 9.41. The molecule has 2 aromatic carbocycles. The van der Waals surface area contributed by atoms with E-state index in [1.165, 1.54) is 10.5 Å². The summed E-state index contributed by atoms with van der Waals surface area (Å²) in [5.74, 6) is 2.37. The largest absolute Gasteiger partial charge is 0.497 e. The van der Waals surface area contributed by atoms with Crippen molar-refractivity contribution in [2.45, 2.75) is 18.9 Å². The Morgan fingerprint density at radius 2 is 2.04 bits per heavy atom. The first-order valence-corrected chi connectivity index (χ1v) is 9.41. The van der Waals surface area contributed by atoms with Gasteiger partial charge in [0.15, 0.2) is 18.0 Å². The molecule has 0 saturated carbocycles. The summed E-state index contributed by atoms with van der Waals surface area (Å²) in [6.07, 6.45) is 2.18. The number of likely N-dealkylation sites (tertiary alicyclic amines) is 1. The molecule has 2 N–H and O–H groups in total. The van der Waals surface area contributed by atoms with E-state index < -0.39 is 0 Å². The molecule has 0 bridgehead atoms. The van der Waals surface area contributed by atoms with Crippen LogP contribution in [-0.4, -0.2) is 39.3 Å². The molecule has 1 fully saturated rings. The van der Waals surface area contributed by atoms with Crippen LogP contribution in [0.15, 0.2) is 42.5 Å². The number of rotatable bonds is 5. The van der Waals surface area contributed by atoms with Crippen molar-refractivity contribution in [3.63, 3.8) is 0 Å². The molecule has 2 heterocycles. The van der Waals surface area contributed by atoms with Crippen LogP contribution in [0.25, 0.3) is 0 Å². The standard InChI is InChI=1S/C21H24N2O4/c1-25-17-5-2-4-16(13-17)22-21(24)14-23-9-3-6-18(23)15-7-8-19-20(12-15)27-11-10-26-19/h2,4-5,7-8,12-13,18H,3,6,9-11,14H2,1H3,(H,22,24)/p+1/t18-/m0/s1. The van der Waals surface area contributed by atoms with E-state index in [-0.39, 0.29) is 5.91 Å². The fourth-order valence-corrected chi connectivity index (χ4v) is 3.91. The molecular formula is C21H25N2O4+. The first-order chi connectivity index (χ1) is 13.2. The van der Waals surface area contributed by atoms with Crippen LogP contribution in [0.5, 0.6) is 17.2 Å². The number of ether oxygens (including phenoxy) is 3. The monoisotopic (exact) mass is 369 g/mol. The van der Waals surface area contributed by atoms with Gasteiger partial charge in [-0.15, -0.1) is 0 Å². The molecule has 0 spiro atoms. The number of nitrogens with one attached hydrogen (secondary N) is 2. The number of amides is 1. The maximum atomic E-state index is 12.6. The molecule has 1 unspecified atom stereocenters. The number of anilines is 1. The molecule has 0 aliphatic carbocycles. The summed E-state index contributed by atoms with van der Waals surface area (Å²) in [6, 6.07) is 13.9. The maximum Gasteiger partial charge on any atom is 0.279 e. The molecule has 6 heteroatoms. The highest BCUT2D eigenvalue weighted by atomic mass is 16.6. The highest BCUT2D eigenvalue weighted by Gasteiger charge is 2.32. The van der Waals surface area contributed by atoms with Crippen LogP contribution in [0.1, 0.15) is 24.4 Å². The topological polar surface area (TPSA) is 61.2 Å². The average Bonchev–Trinajstić information content (AvgIpc) is 3.15. The Labute approximate surface area is 159 Å². The van der Waals surface area contributed by atoms with Crippen LogP contribution >= 0.6 is 0 Å². The van der Waals surface area contributed by atoms with Crippen LogP contribution in [0.2, 0.25) is 0 Å². The predicted molar refractivity (Wildman–Crippen MR) is 102 cm³/mol. The minimum atomic E-state index is 0.0164. The van der Waals surface area contributed by atoms with Gasteiger partial charge in [0.05, 0.1) is 13.7 Å². The quantitative estimate of drug-likeness (QED) is 0.844. The molecule has 2 aliphatic heterocycles. The van der Waals surface area contributed by atoms with E-state index in [4.69, 9.17) is 14.2 Å². The second kappa shape index (κ2) is 7.88. The normalized spacial score (nSPS) is 20.9. The van der Waals surface area contributed by atoms with E-state index >= 15 is 0 Å². The molecule has 6 nitrogen and oxygen atoms in total. The molecule has 2 atom stereocenters. The second-order valence-corrected chi connectivity index (χ2v) is 6.96. The average molecular weight is 369 g/mol. The summed E-state index contributed by atoms with van der Waals surface area (Å²) in [6.45, 7) is 2.61. The van der Waals surface area contributed by atoms with Crippen molar-refractivity contribution in [3.8, 4) is 17.2 Å². The van der Waals surface area contributed by atoms with Crippen molar-refractivity contribution in [3.05, 3.63) is 48.0 Å². The van der Waals surface area contributed by atoms with Gasteiger partial charge in [0.2, 0.25) is 0 Å². The van der Waals surface area contributed by atoms with Gasteiger partial charge < -0.3 is 24.4 Å². The number of benzene rings is 2. The number of quaternary nitrogens is 1. The molecule has 0 aromatic heterocycles. The van der Waals surface area contributed by atoms with Gasteiger partial charge in [0, 0.05) is 30.2 Å². The molecule has 2 aliphatic rings. The third kappa shape index (κ3) is 4.01. The Kier molecular flexibility index (Phi) is 5.16. The van der Waals surface area contributed by atoms with Crippen molar-refractivity contribution in [1.29, 1.82) is 0 Å². The fourth-order valence-electron chi connectivity index (χ4n) is 3.91. The third-order valence-electron chi connectivity index (χ3n) is 5.19. The van der Waals surface area contributed by atoms with E-state index in [0.29, 0.717) is 25.8 Å². The lowest BCUT2D eigenvalue weighted by Crippen LogP contribution is -3.11. The zero-order valence-electron chi connectivity index (χ0n) is 15.5. The summed E-state index contributed by atoms with van der Waals surface area (Å²) < 4.78 is 16.5. The minimum Gasteiger partial charge on any atom is -0.497 e. The highest BCUT2D eigenvalue weighted by Crippen LogP contribution is 2.33. The zero-order valence-corrected chi connectivity index (χ0v) is 15.5. The van der Waals surface area contributed by atoms with Gasteiger partial charge in [-0.05, 0) is 30.3 Å². The Morgan fingerprint density at radius 1 is 1.19 bits per heavy atom. The summed E-state index contributed by atoms with van der Waals surface area (Å²) in [4.78, 5) is 13.8. The molecule has 1 saturated heterocycles. The minimum absolute atomic E-state index is 0.0164. The van der Waals surface area contributed by atoms with Gasteiger partial charge in [-0.3, -0.25) is 4.79 Å². The van der Waals surface area contributed by atoms with Crippen molar-refractivity contribution in [2.24, 2.45) is 0 Å².